The highest BCUT2D eigenvalue weighted by atomic mass is 16.5. The van der Waals surface area contributed by atoms with Gasteiger partial charge in [-0.2, -0.15) is 0 Å². The molecule has 7 heteroatoms. The Bertz CT molecular complexity index is 1130. The number of aryl methyl sites for hydroxylation is 1. The van der Waals surface area contributed by atoms with E-state index >= 15 is 0 Å². The number of aliphatic hydroxyl groups excluding tert-OH is 1. The minimum atomic E-state index is -1.15. The molecule has 0 spiro atoms. The maximum absolute atomic E-state index is 12.7. The van der Waals surface area contributed by atoms with Gasteiger partial charge in [-0.25, -0.2) is 9.79 Å². The predicted octanol–water partition coefficient (Wildman–Crippen LogP) is 4.99. The van der Waals surface area contributed by atoms with Crippen LogP contribution in [0, 0.1) is 6.92 Å². The number of rotatable bonds is 6. The van der Waals surface area contributed by atoms with E-state index in [0.29, 0.717) is 18.0 Å². The number of nitrogens with one attached hydrogen (secondary N) is 1. The Balaban J connectivity index is 1.64. The van der Waals surface area contributed by atoms with Crippen molar-refractivity contribution in [1.29, 1.82) is 0 Å². The first-order valence-electron chi connectivity index (χ1n) is 10.9. The number of aliphatic hydroxyl groups is 1. The lowest BCUT2D eigenvalue weighted by molar-refractivity contribution is -0.0812. The molecule has 0 aliphatic carbocycles. The van der Waals surface area contributed by atoms with Gasteiger partial charge in [-0.15, -0.1) is 0 Å². The largest absolute Gasteiger partial charge is 0.457 e. The average Bonchev–Trinajstić information content (AvgIpc) is 2.78. The molecular formula is C26H28N4O3. The molecule has 7 nitrogen and oxygen atoms in total. The summed E-state index contributed by atoms with van der Waals surface area (Å²) in [6.07, 6.45) is -1.15. The molecule has 0 radical (unpaired) electrons. The fourth-order valence-electron chi connectivity index (χ4n) is 3.60. The van der Waals surface area contributed by atoms with Crippen molar-refractivity contribution in [3.8, 4) is 11.5 Å². The molecule has 170 valence electrons. The number of carbonyl (C=O) groups is 1. The molecule has 1 aliphatic rings. The van der Waals surface area contributed by atoms with E-state index in [-0.39, 0.29) is 12.0 Å². The van der Waals surface area contributed by atoms with Gasteiger partial charge >= 0.3 is 6.03 Å². The molecule has 4 rings (SSSR count). The third kappa shape index (κ3) is 5.32. The highest BCUT2D eigenvalue weighted by molar-refractivity contribution is 5.99. The molecule has 0 bridgehead atoms. The number of para-hydroxylation sites is 1. The summed E-state index contributed by atoms with van der Waals surface area (Å²) in [4.78, 5) is 20.4. The number of amides is 2. The minimum Gasteiger partial charge on any atom is -0.457 e. The van der Waals surface area contributed by atoms with Gasteiger partial charge in [0, 0.05) is 12.1 Å². The van der Waals surface area contributed by atoms with Crippen LogP contribution in [-0.2, 0) is 6.54 Å². The topological polar surface area (TPSA) is 77.4 Å². The first-order valence-corrected chi connectivity index (χ1v) is 10.9. The van der Waals surface area contributed by atoms with E-state index < -0.39 is 12.4 Å². The van der Waals surface area contributed by atoms with E-state index in [1.807, 2.05) is 93.6 Å². The second-order valence-electron chi connectivity index (χ2n) is 8.24. The average molecular weight is 445 g/mol. The smallest absolute Gasteiger partial charge is 0.327 e. The van der Waals surface area contributed by atoms with E-state index in [9.17, 15) is 9.90 Å². The normalized spacial score (nSPS) is 17.4. The lowest BCUT2D eigenvalue weighted by Crippen LogP contribution is -2.66. The number of urea groups is 1. The summed E-state index contributed by atoms with van der Waals surface area (Å²) < 4.78 is 5.90. The molecule has 0 aromatic heterocycles. The fourth-order valence-corrected chi connectivity index (χ4v) is 3.60. The van der Waals surface area contributed by atoms with Crippen LogP contribution in [0.1, 0.15) is 25.0 Å². The summed E-state index contributed by atoms with van der Waals surface area (Å²) in [5.74, 6) is 1.62. The SMILES string of the molecule is Cc1ccc(CN2C(=Nc3cccc(Oc4ccccc4)c3)NC(=O)N(C(C)C)C2O)cc1. The third-order valence-electron chi connectivity index (χ3n) is 5.31. The maximum atomic E-state index is 12.7. The highest BCUT2D eigenvalue weighted by Gasteiger charge is 2.37. The van der Waals surface area contributed by atoms with Crippen molar-refractivity contribution < 1.29 is 14.6 Å². The quantitative estimate of drug-likeness (QED) is 0.562. The molecule has 3 aromatic rings. The summed E-state index contributed by atoms with van der Waals surface area (Å²) in [6, 6.07) is 24.2. The zero-order chi connectivity index (χ0) is 23.4. The molecular weight excluding hydrogens is 416 g/mol. The van der Waals surface area contributed by atoms with Gasteiger partial charge in [-0.1, -0.05) is 54.1 Å². The van der Waals surface area contributed by atoms with Gasteiger partial charge in [0.05, 0.1) is 12.2 Å². The fraction of sp³-hybridized carbons (Fsp3) is 0.231. The number of nitrogens with zero attached hydrogens (tertiary/aromatic N) is 3. The molecule has 0 saturated carbocycles. The van der Waals surface area contributed by atoms with Crippen LogP contribution in [0.4, 0.5) is 10.5 Å². The van der Waals surface area contributed by atoms with Gasteiger partial charge in [0.25, 0.3) is 0 Å². The molecule has 1 heterocycles. The molecule has 1 unspecified atom stereocenters. The van der Waals surface area contributed by atoms with E-state index in [1.165, 1.54) is 4.90 Å². The van der Waals surface area contributed by atoms with E-state index in [2.05, 4.69) is 10.3 Å². The molecule has 3 aromatic carbocycles. The number of hydrogen-bond donors (Lipinski definition) is 2. The zero-order valence-electron chi connectivity index (χ0n) is 19.0. The predicted molar refractivity (Wildman–Crippen MR) is 128 cm³/mol. The lowest BCUT2D eigenvalue weighted by atomic mass is 10.1. The van der Waals surface area contributed by atoms with Crippen LogP contribution in [0.2, 0.25) is 0 Å². The van der Waals surface area contributed by atoms with Crippen molar-refractivity contribution in [3.63, 3.8) is 0 Å². The van der Waals surface area contributed by atoms with Crippen molar-refractivity contribution >= 4 is 17.7 Å². The summed E-state index contributed by atoms with van der Waals surface area (Å²) in [7, 11) is 0. The van der Waals surface area contributed by atoms with Crippen molar-refractivity contribution in [3.05, 3.63) is 90.0 Å². The summed E-state index contributed by atoms with van der Waals surface area (Å²) in [5.41, 5.74) is 2.74. The number of guanidine groups is 1. The molecule has 1 fully saturated rings. The van der Waals surface area contributed by atoms with Gasteiger partial charge < -0.3 is 9.84 Å². The highest BCUT2D eigenvalue weighted by Crippen LogP contribution is 2.26. The van der Waals surface area contributed by atoms with Gasteiger partial charge in [0.1, 0.15) is 11.5 Å². The molecule has 2 amide bonds. The molecule has 1 atom stereocenters. The zero-order valence-corrected chi connectivity index (χ0v) is 19.0. The van der Waals surface area contributed by atoms with Crippen molar-refractivity contribution in [1.82, 2.24) is 15.1 Å². The summed E-state index contributed by atoms with van der Waals surface area (Å²) >= 11 is 0. The minimum absolute atomic E-state index is 0.190. The van der Waals surface area contributed by atoms with Crippen LogP contribution in [0.5, 0.6) is 11.5 Å². The third-order valence-corrected chi connectivity index (χ3v) is 5.31. The Morgan fingerprint density at radius 2 is 1.70 bits per heavy atom. The Hall–Kier alpha value is -3.84. The van der Waals surface area contributed by atoms with E-state index in [0.717, 1.165) is 16.9 Å². The van der Waals surface area contributed by atoms with Crippen LogP contribution >= 0.6 is 0 Å². The number of aliphatic imine (C=N–C) groups is 1. The van der Waals surface area contributed by atoms with E-state index in [4.69, 9.17) is 4.74 Å². The van der Waals surface area contributed by atoms with Crippen molar-refractivity contribution in [2.75, 3.05) is 0 Å². The number of hydrogen-bond acceptors (Lipinski definition) is 4. The number of ether oxygens (including phenoxy) is 1. The molecule has 1 saturated heterocycles. The molecule has 2 N–H and O–H groups in total. The maximum Gasteiger partial charge on any atom is 0.327 e. The van der Waals surface area contributed by atoms with Crippen molar-refractivity contribution in [2.45, 2.75) is 39.7 Å². The Morgan fingerprint density at radius 3 is 2.39 bits per heavy atom. The Labute approximate surface area is 193 Å². The van der Waals surface area contributed by atoms with E-state index in [1.54, 1.807) is 11.0 Å². The van der Waals surface area contributed by atoms with Gasteiger partial charge in [-0.3, -0.25) is 15.1 Å². The van der Waals surface area contributed by atoms with Crippen LogP contribution in [0.3, 0.4) is 0 Å². The second-order valence-corrected chi connectivity index (χ2v) is 8.24. The molecule has 1 aliphatic heterocycles. The number of benzene rings is 3. The van der Waals surface area contributed by atoms with Gasteiger partial charge in [0.2, 0.25) is 12.3 Å². The summed E-state index contributed by atoms with van der Waals surface area (Å²) in [6.45, 7) is 6.13. The first kappa shape index (κ1) is 22.4. The van der Waals surface area contributed by atoms with Crippen LogP contribution in [0.15, 0.2) is 83.9 Å². The lowest BCUT2D eigenvalue weighted by Gasteiger charge is -2.44. The van der Waals surface area contributed by atoms with Crippen molar-refractivity contribution in [2.24, 2.45) is 4.99 Å². The van der Waals surface area contributed by atoms with Gasteiger partial charge in [-0.05, 0) is 50.6 Å². The summed E-state index contributed by atoms with van der Waals surface area (Å²) in [5, 5.41) is 13.9. The standard InChI is InChI=1S/C26H28N4O3/c1-18(2)30-25(31)28-24(29(26(30)32)17-20-14-12-19(3)13-15-20)27-21-8-7-11-23(16-21)33-22-9-5-4-6-10-22/h4-16,18,26,32H,17H2,1-3H3,(H,27,28,31). The van der Waals surface area contributed by atoms with Crippen LogP contribution < -0.4 is 10.1 Å². The molecule has 33 heavy (non-hydrogen) atoms. The van der Waals surface area contributed by atoms with Crippen LogP contribution in [0.25, 0.3) is 0 Å². The second kappa shape index (κ2) is 9.75. The Kier molecular flexibility index (Phi) is 6.60. The van der Waals surface area contributed by atoms with Crippen LogP contribution in [-0.4, -0.2) is 39.3 Å². The number of carbonyl (C=O) groups excluding carboxylic acids is 1. The Morgan fingerprint density at radius 1 is 1.00 bits per heavy atom. The monoisotopic (exact) mass is 444 g/mol. The first-order chi connectivity index (χ1) is 15.9. The van der Waals surface area contributed by atoms with Gasteiger partial charge in [0.15, 0.2) is 0 Å².